The van der Waals surface area contributed by atoms with E-state index in [0.717, 1.165) is 6.42 Å². The van der Waals surface area contributed by atoms with Crippen molar-refractivity contribution in [2.45, 2.75) is 66.5 Å². The first kappa shape index (κ1) is 21.1. The number of alkyl halides is 5. The minimum absolute atomic E-state index is 0.247. The van der Waals surface area contributed by atoms with Gasteiger partial charge in [0.15, 0.2) is 6.61 Å². The van der Waals surface area contributed by atoms with Crippen LogP contribution in [0.5, 0.6) is 0 Å². The van der Waals surface area contributed by atoms with Crippen LogP contribution >= 0.6 is 0 Å². The molecule has 0 rings (SSSR count). The van der Waals surface area contributed by atoms with Crippen LogP contribution in [0.4, 0.5) is 22.0 Å². The third-order valence-electron chi connectivity index (χ3n) is 3.85. The van der Waals surface area contributed by atoms with Gasteiger partial charge in [-0.3, -0.25) is 4.79 Å². The molecule has 22 heavy (non-hydrogen) atoms. The molecule has 0 aliphatic heterocycles. The van der Waals surface area contributed by atoms with Gasteiger partial charge in [-0.15, -0.1) is 0 Å². The zero-order valence-electron chi connectivity index (χ0n) is 13.9. The van der Waals surface area contributed by atoms with Crippen LogP contribution in [-0.2, 0) is 9.53 Å². The van der Waals surface area contributed by atoms with Crippen LogP contribution in [0.1, 0.15) is 54.4 Å². The summed E-state index contributed by atoms with van der Waals surface area (Å²) in [5.74, 6) is -6.81. The van der Waals surface area contributed by atoms with Crippen LogP contribution in [0.15, 0.2) is 0 Å². The molecule has 0 heterocycles. The normalized spacial score (nSPS) is 15.6. The second kappa shape index (κ2) is 6.71. The average Bonchev–Trinajstić information content (AvgIpc) is 2.30. The van der Waals surface area contributed by atoms with E-state index in [1.165, 1.54) is 0 Å². The fourth-order valence-electron chi connectivity index (χ4n) is 1.78. The van der Waals surface area contributed by atoms with Crippen molar-refractivity contribution >= 4 is 5.97 Å². The van der Waals surface area contributed by atoms with Crippen molar-refractivity contribution in [1.29, 1.82) is 0 Å². The molecule has 0 aliphatic rings. The summed E-state index contributed by atoms with van der Waals surface area (Å²) in [6, 6.07) is 0. The van der Waals surface area contributed by atoms with Gasteiger partial charge >= 0.3 is 18.1 Å². The van der Waals surface area contributed by atoms with Crippen molar-refractivity contribution in [3.8, 4) is 0 Å². The Hall–Kier alpha value is -0.880. The third kappa shape index (κ3) is 6.08. The summed E-state index contributed by atoms with van der Waals surface area (Å²) >= 11 is 0. The van der Waals surface area contributed by atoms with E-state index in [0.29, 0.717) is 6.42 Å². The number of hydrogen-bond donors (Lipinski definition) is 0. The van der Waals surface area contributed by atoms with Crippen LogP contribution < -0.4 is 0 Å². The zero-order valence-corrected chi connectivity index (χ0v) is 13.9. The Bertz CT molecular complexity index is 380. The molecule has 1 atom stereocenters. The van der Waals surface area contributed by atoms with Gasteiger partial charge in [0.25, 0.3) is 0 Å². The van der Waals surface area contributed by atoms with Crippen molar-refractivity contribution < 1.29 is 31.5 Å². The molecule has 1 unspecified atom stereocenters. The lowest BCUT2D eigenvalue weighted by Gasteiger charge is -2.35. The van der Waals surface area contributed by atoms with Gasteiger partial charge in [0, 0.05) is 0 Å². The Morgan fingerprint density at radius 2 is 1.45 bits per heavy atom. The number of halogens is 5. The predicted octanol–water partition coefficient (Wildman–Crippen LogP) is 5.22. The van der Waals surface area contributed by atoms with Gasteiger partial charge in [-0.2, -0.15) is 22.0 Å². The lowest BCUT2D eigenvalue weighted by molar-refractivity contribution is -0.294. The second-order valence-corrected chi connectivity index (χ2v) is 7.45. The molecule has 0 saturated carbocycles. The maximum Gasteiger partial charge on any atom is 0.456 e. The van der Waals surface area contributed by atoms with Crippen molar-refractivity contribution in [3.05, 3.63) is 0 Å². The van der Waals surface area contributed by atoms with Gasteiger partial charge < -0.3 is 4.74 Å². The first-order valence-electron chi connectivity index (χ1n) is 7.15. The number of esters is 1. The third-order valence-corrected chi connectivity index (χ3v) is 3.85. The van der Waals surface area contributed by atoms with Crippen LogP contribution in [0, 0.1) is 16.7 Å². The molecule has 2 nitrogen and oxygen atoms in total. The topological polar surface area (TPSA) is 26.3 Å². The van der Waals surface area contributed by atoms with E-state index in [1.54, 1.807) is 20.8 Å². The van der Waals surface area contributed by atoms with Crippen molar-refractivity contribution in [1.82, 2.24) is 0 Å². The van der Waals surface area contributed by atoms with E-state index >= 15 is 0 Å². The molecule has 0 N–H and O–H groups in total. The molecule has 0 saturated heterocycles. The number of carbonyl (C=O) groups excluding carboxylic acids is 1. The number of carbonyl (C=O) groups is 1. The van der Waals surface area contributed by atoms with E-state index in [-0.39, 0.29) is 5.41 Å². The fraction of sp³-hybridized carbons (Fsp3) is 0.933. The molecule has 0 amide bonds. The van der Waals surface area contributed by atoms with E-state index in [9.17, 15) is 26.7 Å². The molecule has 0 bridgehead atoms. The molecule has 0 radical (unpaired) electrons. The largest absolute Gasteiger partial charge is 0.459 e. The minimum Gasteiger partial charge on any atom is -0.459 e. The van der Waals surface area contributed by atoms with Crippen LogP contribution in [-0.4, -0.2) is 24.7 Å². The highest BCUT2D eigenvalue weighted by molar-refractivity contribution is 5.73. The van der Waals surface area contributed by atoms with Crippen LogP contribution in [0.2, 0.25) is 0 Å². The van der Waals surface area contributed by atoms with Crippen LogP contribution in [0.25, 0.3) is 0 Å². The van der Waals surface area contributed by atoms with E-state index in [2.05, 4.69) is 4.74 Å². The molecule has 0 aromatic heterocycles. The molecular formula is C15H25F5O2. The molecule has 0 aliphatic carbocycles. The van der Waals surface area contributed by atoms with Crippen LogP contribution in [0.3, 0.4) is 0 Å². The van der Waals surface area contributed by atoms with Crippen molar-refractivity contribution in [2.24, 2.45) is 16.7 Å². The summed E-state index contributed by atoms with van der Waals surface area (Å²) in [5, 5.41) is 0. The summed E-state index contributed by atoms with van der Waals surface area (Å²) in [7, 11) is 0. The molecule has 0 fully saturated rings. The van der Waals surface area contributed by atoms with Gasteiger partial charge in [-0.25, -0.2) is 0 Å². The fourth-order valence-corrected chi connectivity index (χ4v) is 1.78. The maximum absolute atomic E-state index is 12.9. The lowest BCUT2D eigenvalue weighted by Crippen LogP contribution is -2.43. The maximum atomic E-state index is 12.9. The number of rotatable bonds is 6. The first-order chi connectivity index (χ1) is 9.53. The summed E-state index contributed by atoms with van der Waals surface area (Å²) in [5.41, 5.74) is -0.847. The second-order valence-electron chi connectivity index (χ2n) is 7.45. The Morgan fingerprint density at radius 1 is 1.00 bits per heavy atom. The summed E-state index contributed by atoms with van der Waals surface area (Å²) in [6.07, 6.45) is -4.64. The molecule has 0 aromatic rings. The Morgan fingerprint density at radius 3 is 1.77 bits per heavy atom. The molecule has 0 spiro atoms. The Labute approximate surface area is 128 Å². The average molecular weight is 332 g/mol. The molecule has 132 valence electrons. The highest BCUT2D eigenvalue weighted by Crippen LogP contribution is 2.40. The highest BCUT2D eigenvalue weighted by atomic mass is 19.4. The van der Waals surface area contributed by atoms with Gasteiger partial charge in [-0.05, 0) is 17.3 Å². The monoisotopic (exact) mass is 332 g/mol. The van der Waals surface area contributed by atoms with Crippen molar-refractivity contribution in [2.75, 3.05) is 6.61 Å². The summed E-state index contributed by atoms with van der Waals surface area (Å²) in [4.78, 5) is 12.0. The molecule has 7 heteroatoms. The quantitative estimate of drug-likeness (QED) is 0.493. The van der Waals surface area contributed by atoms with Gasteiger partial charge in [0.1, 0.15) is 0 Å². The minimum atomic E-state index is -5.73. The summed E-state index contributed by atoms with van der Waals surface area (Å²) < 4.78 is 66.3. The zero-order chi connectivity index (χ0) is 18.0. The SMILES string of the molecule is CCC(C)(C)CC(C(=O)OCC(F)(F)C(F)(F)F)C(C)(C)C. The number of ether oxygens (including phenoxy) is 1. The van der Waals surface area contributed by atoms with E-state index < -0.39 is 36.0 Å². The first-order valence-corrected chi connectivity index (χ1v) is 7.15. The predicted molar refractivity (Wildman–Crippen MR) is 73.6 cm³/mol. The standard InChI is InChI=1S/C15H25F5O2/c1-7-13(5,6)8-10(12(2,3)4)11(21)22-9-14(16,17)15(18,19)20/h10H,7-9H2,1-6H3. The highest BCUT2D eigenvalue weighted by Gasteiger charge is 2.58. The van der Waals surface area contributed by atoms with Crippen molar-refractivity contribution in [3.63, 3.8) is 0 Å². The van der Waals surface area contributed by atoms with E-state index in [4.69, 9.17) is 0 Å². The molecular weight excluding hydrogens is 307 g/mol. The lowest BCUT2D eigenvalue weighted by atomic mass is 9.70. The Kier molecular flexibility index (Phi) is 6.44. The number of hydrogen-bond acceptors (Lipinski definition) is 2. The van der Waals surface area contributed by atoms with E-state index in [1.807, 2.05) is 20.8 Å². The Balaban J connectivity index is 5.03. The summed E-state index contributed by atoms with van der Waals surface area (Å²) in [6.45, 7) is 8.94. The molecule has 0 aromatic carbocycles. The van der Waals surface area contributed by atoms with Gasteiger partial charge in [0.05, 0.1) is 5.92 Å². The smallest absolute Gasteiger partial charge is 0.456 e. The van der Waals surface area contributed by atoms with Gasteiger partial charge in [-0.1, -0.05) is 48.0 Å². The van der Waals surface area contributed by atoms with Gasteiger partial charge in [0.2, 0.25) is 0 Å².